The summed E-state index contributed by atoms with van der Waals surface area (Å²) >= 11 is 0. The molecule has 1 aliphatic rings. The number of nitrogens with one attached hydrogen (secondary N) is 2. The molecule has 5 heteroatoms. The lowest BCUT2D eigenvalue weighted by molar-refractivity contribution is 0.164. The van der Waals surface area contributed by atoms with Gasteiger partial charge in [0, 0.05) is 10.9 Å². The van der Waals surface area contributed by atoms with Gasteiger partial charge in [0.05, 0.1) is 11.2 Å². The number of aromatic nitrogens is 2. The summed E-state index contributed by atoms with van der Waals surface area (Å²) < 4.78 is 0. The van der Waals surface area contributed by atoms with Crippen molar-refractivity contribution in [3.8, 4) is 0 Å². The van der Waals surface area contributed by atoms with Crippen LogP contribution in [-0.4, -0.2) is 22.8 Å². The van der Waals surface area contributed by atoms with Crippen LogP contribution in [0.5, 0.6) is 0 Å². The maximum atomic E-state index is 5.01. The molecule has 2 heterocycles. The van der Waals surface area contributed by atoms with Crippen LogP contribution in [0.25, 0.3) is 23.1 Å². The number of nitrogens with zero attached hydrogens (tertiary/aromatic N) is 2. The summed E-state index contributed by atoms with van der Waals surface area (Å²) in [5, 5.41) is 15.6. The van der Waals surface area contributed by atoms with Crippen molar-refractivity contribution in [3.63, 3.8) is 0 Å². The van der Waals surface area contributed by atoms with Gasteiger partial charge in [0.1, 0.15) is 0 Å². The van der Waals surface area contributed by atoms with E-state index in [9.17, 15) is 0 Å². The highest BCUT2D eigenvalue weighted by Crippen LogP contribution is 2.19. The Hall–Kier alpha value is -3.08. The van der Waals surface area contributed by atoms with Gasteiger partial charge in [-0.2, -0.15) is 5.10 Å². The first-order valence-electron chi connectivity index (χ1n) is 7.06. The van der Waals surface area contributed by atoms with Crippen molar-refractivity contribution in [3.05, 3.63) is 65.4 Å². The minimum atomic E-state index is 0.414. The summed E-state index contributed by atoms with van der Waals surface area (Å²) in [5.74, 6) is 0.757. The summed E-state index contributed by atoms with van der Waals surface area (Å²) in [5.41, 5.74) is 4.02. The van der Waals surface area contributed by atoms with Crippen molar-refractivity contribution < 1.29 is 4.84 Å². The zero-order chi connectivity index (χ0) is 14.8. The van der Waals surface area contributed by atoms with Gasteiger partial charge in [-0.3, -0.25) is 5.10 Å². The molecule has 0 bridgehead atoms. The Balaban J connectivity index is 1.71. The van der Waals surface area contributed by atoms with Crippen LogP contribution in [0, 0.1) is 0 Å². The number of benzene rings is 2. The normalized spacial score (nSPS) is 14.1. The second-order valence-corrected chi connectivity index (χ2v) is 4.97. The van der Waals surface area contributed by atoms with Gasteiger partial charge in [-0.1, -0.05) is 53.7 Å². The Morgan fingerprint density at radius 1 is 1.00 bits per heavy atom. The second-order valence-electron chi connectivity index (χ2n) is 4.97. The maximum Gasteiger partial charge on any atom is 0.188 e. The standard InChI is InChI=1S/C17H14N4O/c1-2-6-13(17-18-11-22-21-17)12(5-1)9-10-16-14-7-3-4-8-15(14)19-20-16/h1-10H,11H2,(H,18,21)(H,19,20). The first-order chi connectivity index (χ1) is 10.9. The topological polar surface area (TPSA) is 62.3 Å². The lowest BCUT2D eigenvalue weighted by Crippen LogP contribution is -2.20. The second kappa shape index (κ2) is 5.37. The smallest absolute Gasteiger partial charge is 0.188 e. The van der Waals surface area contributed by atoms with Crippen LogP contribution in [0.4, 0.5) is 0 Å². The van der Waals surface area contributed by atoms with E-state index in [1.165, 1.54) is 0 Å². The molecule has 2 N–H and O–H groups in total. The lowest BCUT2D eigenvalue weighted by atomic mass is 10.1. The number of oxime groups is 1. The van der Waals surface area contributed by atoms with Crippen LogP contribution in [0.15, 0.2) is 53.7 Å². The van der Waals surface area contributed by atoms with E-state index in [0.29, 0.717) is 6.73 Å². The van der Waals surface area contributed by atoms with Gasteiger partial charge in [-0.15, -0.1) is 0 Å². The van der Waals surface area contributed by atoms with E-state index in [1.807, 2.05) is 54.6 Å². The van der Waals surface area contributed by atoms with E-state index in [4.69, 9.17) is 4.84 Å². The molecule has 0 atom stereocenters. The van der Waals surface area contributed by atoms with Crippen molar-refractivity contribution in [1.29, 1.82) is 0 Å². The number of para-hydroxylation sites is 1. The van der Waals surface area contributed by atoms with Crippen LogP contribution in [0.2, 0.25) is 0 Å². The summed E-state index contributed by atoms with van der Waals surface area (Å²) in [6.07, 6.45) is 4.05. The minimum absolute atomic E-state index is 0.414. The SMILES string of the molecule is C(=Cc1n[nH]c2ccccc12)c1ccccc1C1=NOCN1. The number of fused-ring (bicyclic) bond motifs is 1. The fourth-order valence-corrected chi connectivity index (χ4v) is 2.51. The average Bonchev–Trinajstić information content (AvgIpc) is 3.23. The van der Waals surface area contributed by atoms with Gasteiger partial charge in [0.25, 0.3) is 0 Å². The molecule has 1 aliphatic heterocycles. The number of hydrogen-bond donors (Lipinski definition) is 2. The molecule has 4 rings (SSSR count). The van der Waals surface area contributed by atoms with Crippen molar-refractivity contribution in [2.45, 2.75) is 0 Å². The highest BCUT2D eigenvalue weighted by molar-refractivity contribution is 6.03. The fourth-order valence-electron chi connectivity index (χ4n) is 2.51. The number of amidine groups is 1. The van der Waals surface area contributed by atoms with Gasteiger partial charge in [0.2, 0.25) is 0 Å². The van der Waals surface area contributed by atoms with Crippen LogP contribution in [-0.2, 0) is 4.84 Å². The Morgan fingerprint density at radius 3 is 2.77 bits per heavy atom. The first-order valence-corrected chi connectivity index (χ1v) is 7.06. The third kappa shape index (κ3) is 2.22. The monoisotopic (exact) mass is 290 g/mol. The predicted octanol–water partition coefficient (Wildman–Crippen LogP) is 2.97. The molecule has 0 radical (unpaired) electrons. The molecular weight excluding hydrogens is 276 g/mol. The summed E-state index contributed by atoms with van der Waals surface area (Å²) in [6.45, 7) is 0.414. The summed E-state index contributed by atoms with van der Waals surface area (Å²) in [4.78, 5) is 5.01. The van der Waals surface area contributed by atoms with E-state index in [-0.39, 0.29) is 0 Å². The summed E-state index contributed by atoms with van der Waals surface area (Å²) in [7, 11) is 0. The quantitative estimate of drug-likeness (QED) is 0.779. The molecule has 0 unspecified atom stereocenters. The van der Waals surface area contributed by atoms with Gasteiger partial charge < -0.3 is 10.2 Å². The van der Waals surface area contributed by atoms with Gasteiger partial charge in [0.15, 0.2) is 12.6 Å². The third-order valence-corrected chi connectivity index (χ3v) is 3.60. The first kappa shape index (κ1) is 12.6. The Kier molecular flexibility index (Phi) is 3.08. The molecule has 22 heavy (non-hydrogen) atoms. The Bertz CT molecular complexity index is 879. The van der Waals surface area contributed by atoms with Gasteiger partial charge in [-0.05, 0) is 17.7 Å². The molecule has 0 saturated carbocycles. The van der Waals surface area contributed by atoms with E-state index in [2.05, 4.69) is 26.7 Å². The number of aromatic amines is 1. The zero-order valence-corrected chi connectivity index (χ0v) is 11.8. The average molecular weight is 290 g/mol. The molecule has 0 amide bonds. The molecular formula is C17H14N4O. The van der Waals surface area contributed by atoms with E-state index in [1.54, 1.807) is 0 Å². The van der Waals surface area contributed by atoms with Crippen molar-refractivity contribution >= 4 is 28.9 Å². The molecule has 0 spiro atoms. The van der Waals surface area contributed by atoms with E-state index < -0.39 is 0 Å². The largest absolute Gasteiger partial charge is 0.372 e. The lowest BCUT2D eigenvalue weighted by Gasteiger charge is -2.04. The Labute approximate surface area is 127 Å². The molecule has 1 aromatic heterocycles. The number of H-pyrrole nitrogens is 1. The van der Waals surface area contributed by atoms with Crippen LogP contribution < -0.4 is 5.32 Å². The minimum Gasteiger partial charge on any atom is -0.372 e. The van der Waals surface area contributed by atoms with Crippen LogP contribution in [0.3, 0.4) is 0 Å². The van der Waals surface area contributed by atoms with E-state index >= 15 is 0 Å². The third-order valence-electron chi connectivity index (χ3n) is 3.60. The maximum absolute atomic E-state index is 5.01. The number of hydrogen-bond acceptors (Lipinski definition) is 4. The van der Waals surface area contributed by atoms with Crippen LogP contribution in [0.1, 0.15) is 16.8 Å². The Morgan fingerprint density at radius 2 is 1.86 bits per heavy atom. The zero-order valence-electron chi connectivity index (χ0n) is 11.8. The van der Waals surface area contributed by atoms with Crippen LogP contribution >= 0.6 is 0 Å². The fraction of sp³-hybridized carbons (Fsp3) is 0.0588. The molecule has 0 fully saturated rings. The van der Waals surface area contributed by atoms with Crippen molar-refractivity contribution in [2.24, 2.45) is 5.16 Å². The summed E-state index contributed by atoms with van der Waals surface area (Å²) in [6, 6.07) is 16.1. The molecule has 0 saturated heterocycles. The van der Waals surface area contributed by atoms with Gasteiger partial charge in [-0.25, -0.2) is 0 Å². The molecule has 108 valence electrons. The number of rotatable bonds is 3. The van der Waals surface area contributed by atoms with Gasteiger partial charge >= 0.3 is 0 Å². The highest BCUT2D eigenvalue weighted by atomic mass is 16.6. The van der Waals surface area contributed by atoms with Crippen molar-refractivity contribution in [2.75, 3.05) is 6.73 Å². The molecule has 0 aliphatic carbocycles. The molecule has 3 aromatic rings. The molecule has 2 aromatic carbocycles. The molecule has 5 nitrogen and oxygen atoms in total. The van der Waals surface area contributed by atoms with E-state index in [0.717, 1.165) is 33.6 Å². The highest BCUT2D eigenvalue weighted by Gasteiger charge is 2.12. The predicted molar refractivity (Wildman–Crippen MR) is 87.1 cm³/mol. The van der Waals surface area contributed by atoms with Crippen molar-refractivity contribution in [1.82, 2.24) is 15.5 Å².